The van der Waals surface area contributed by atoms with Crippen molar-refractivity contribution < 1.29 is 5.21 Å². The van der Waals surface area contributed by atoms with Gasteiger partial charge in [0.1, 0.15) is 5.84 Å². The predicted molar refractivity (Wildman–Crippen MR) is 53.5 cm³/mol. The van der Waals surface area contributed by atoms with E-state index in [1.54, 1.807) is 0 Å². The van der Waals surface area contributed by atoms with Crippen LogP contribution in [0.3, 0.4) is 0 Å². The third-order valence-corrected chi connectivity index (χ3v) is 1.90. The van der Waals surface area contributed by atoms with Gasteiger partial charge in [-0.15, -0.1) is 6.42 Å². The molecule has 0 aromatic carbocycles. The normalized spacial score (nSPS) is 16.2. The standard InChI is InChI=1S/C9H17N3O/c1-4-8(5-2)11-6-7(3)9(10)12-13/h1,7-8,11,13H,5-6H2,2-3H3,(H2,10,12). The zero-order valence-electron chi connectivity index (χ0n) is 8.12. The average Bonchev–Trinajstić information content (AvgIpc) is 2.17. The monoisotopic (exact) mass is 183 g/mol. The van der Waals surface area contributed by atoms with Crippen LogP contribution in [0.2, 0.25) is 0 Å². The number of hydrogen-bond donors (Lipinski definition) is 3. The Bertz CT molecular complexity index is 207. The second kappa shape index (κ2) is 6.32. The minimum atomic E-state index is -0.00704. The first kappa shape index (κ1) is 11.8. The summed E-state index contributed by atoms with van der Waals surface area (Å²) in [5.74, 6) is 2.82. The van der Waals surface area contributed by atoms with E-state index in [2.05, 4.69) is 16.4 Å². The second-order valence-corrected chi connectivity index (χ2v) is 2.96. The molecule has 4 nitrogen and oxygen atoms in total. The van der Waals surface area contributed by atoms with Crippen molar-refractivity contribution in [3.63, 3.8) is 0 Å². The summed E-state index contributed by atoms with van der Waals surface area (Å²) in [6.07, 6.45) is 6.13. The molecule has 0 spiro atoms. The summed E-state index contributed by atoms with van der Waals surface area (Å²) >= 11 is 0. The van der Waals surface area contributed by atoms with Crippen LogP contribution in [0.15, 0.2) is 5.16 Å². The molecule has 0 rings (SSSR count). The molecule has 13 heavy (non-hydrogen) atoms. The van der Waals surface area contributed by atoms with Gasteiger partial charge in [0.15, 0.2) is 0 Å². The van der Waals surface area contributed by atoms with Gasteiger partial charge in [0.2, 0.25) is 0 Å². The van der Waals surface area contributed by atoms with Gasteiger partial charge < -0.3 is 16.3 Å². The molecule has 2 atom stereocenters. The lowest BCUT2D eigenvalue weighted by atomic mass is 10.1. The SMILES string of the molecule is C#CC(CC)NCC(C)C(N)=NO. The molecule has 0 aromatic heterocycles. The van der Waals surface area contributed by atoms with E-state index in [1.165, 1.54) is 0 Å². The third kappa shape index (κ3) is 4.38. The number of nitrogens with two attached hydrogens (primary N) is 1. The van der Waals surface area contributed by atoms with Gasteiger partial charge >= 0.3 is 0 Å². The first-order chi connectivity index (χ1) is 6.15. The highest BCUT2D eigenvalue weighted by atomic mass is 16.4. The highest BCUT2D eigenvalue weighted by Crippen LogP contribution is 1.95. The highest BCUT2D eigenvalue weighted by Gasteiger charge is 2.09. The second-order valence-electron chi connectivity index (χ2n) is 2.96. The van der Waals surface area contributed by atoms with Crippen LogP contribution in [0.1, 0.15) is 20.3 Å². The van der Waals surface area contributed by atoms with Crippen molar-refractivity contribution >= 4 is 5.84 Å². The third-order valence-electron chi connectivity index (χ3n) is 1.90. The summed E-state index contributed by atoms with van der Waals surface area (Å²) in [6.45, 7) is 4.50. The number of oxime groups is 1. The Morgan fingerprint density at radius 2 is 2.38 bits per heavy atom. The highest BCUT2D eigenvalue weighted by molar-refractivity contribution is 5.82. The van der Waals surface area contributed by atoms with Gasteiger partial charge in [0, 0.05) is 12.5 Å². The van der Waals surface area contributed by atoms with Crippen LogP contribution in [0.5, 0.6) is 0 Å². The lowest BCUT2D eigenvalue weighted by Crippen LogP contribution is -2.36. The van der Waals surface area contributed by atoms with E-state index in [0.29, 0.717) is 6.54 Å². The minimum absolute atomic E-state index is 0.00704. The van der Waals surface area contributed by atoms with Gasteiger partial charge in [-0.25, -0.2) is 0 Å². The zero-order valence-corrected chi connectivity index (χ0v) is 8.12. The van der Waals surface area contributed by atoms with Crippen molar-refractivity contribution in [2.24, 2.45) is 16.8 Å². The first-order valence-corrected chi connectivity index (χ1v) is 4.32. The largest absolute Gasteiger partial charge is 0.409 e. The maximum Gasteiger partial charge on any atom is 0.143 e. The zero-order chi connectivity index (χ0) is 10.3. The van der Waals surface area contributed by atoms with Crippen molar-refractivity contribution in [1.82, 2.24) is 5.32 Å². The van der Waals surface area contributed by atoms with Crippen LogP contribution in [0.4, 0.5) is 0 Å². The van der Waals surface area contributed by atoms with Gasteiger partial charge in [-0.1, -0.05) is 24.9 Å². The maximum absolute atomic E-state index is 8.38. The maximum atomic E-state index is 8.38. The van der Waals surface area contributed by atoms with Gasteiger partial charge in [-0.3, -0.25) is 0 Å². The molecular weight excluding hydrogens is 166 g/mol. The molecule has 0 amide bonds. The lowest BCUT2D eigenvalue weighted by Gasteiger charge is -2.14. The van der Waals surface area contributed by atoms with Crippen molar-refractivity contribution in [3.05, 3.63) is 0 Å². The molecule has 0 radical (unpaired) electrons. The van der Waals surface area contributed by atoms with Gasteiger partial charge in [-0.2, -0.15) is 0 Å². The first-order valence-electron chi connectivity index (χ1n) is 4.32. The fourth-order valence-corrected chi connectivity index (χ4v) is 0.843. The predicted octanol–water partition coefficient (Wildman–Crippen LogP) is 0.370. The summed E-state index contributed by atoms with van der Waals surface area (Å²) in [5.41, 5.74) is 5.39. The Balaban J connectivity index is 3.83. The molecule has 0 aliphatic heterocycles. The molecule has 0 aliphatic carbocycles. The van der Waals surface area contributed by atoms with Crippen molar-refractivity contribution in [3.8, 4) is 12.3 Å². The van der Waals surface area contributed by atoms with E-state index < -0.39 is 0 Å². The Morgan fingerprint density at radius 3 is 2.77 bits per heavy atom. The van der Waals surface area contributed by atoms with Crippen molar-refractivity contribution in [1.29, 1.82) is 0 Å². The van der Waals surface area contributed by atoms with Crippen LogP contribution >= 0.6 is 0 Å². The summed E-state index contributed by atoms with van der Waals surface area (Å²) in [7, 11) is 0. The van der Waals surface area contributed by atoms with E-state index >= 15 is 0 Å². The molecule has 0 bridgehead atoms. The molecule has 0 aromatic rings. The smallest absolute Gasteiger partial charge is 0.143 e. The van der Waals surface area contributed by atoms with Crippen molar-refractivity contribution in [2.75, 3.05) is 6.54 Å². The van der Waals surface area contributed by atoms with Crippen LogP contribution in [-0.2, 0) is 0 Å². The Labute approximate surface area is 79.2 Å². The number of rotatable bonds is 5. The summed E-state index contributed by atoms with van der Waals surface area (Å²) in [6, 6.07) is 0.0638. The molecule has 0 aliphatic rings. The average molecular weight is 183 g/mol. The van der Waals surface area contributed by atoms with E-state index in [4.69, 9.17) is 17.4 Å². The quantitative estimate of drug-likeness (QED) is 0.190. The van der Waals surface area contributed by atoms with Crippen molar-refractivity contribution in [2.45, 2.75) is 26.3 Å². The van der Waals surface area contributed by atoms with Crippen LogP contribution in [0.25, 0.3) is 0 Å². The minimum Gasteiger partial charge on any atom is -0.409 e. The lowest BCUT2D eigenvalue weighted by molar-refractivity contribution is 0.314. The van der Waals surface area contributed by atoms with E-state index in [0.717, 1.165) is 6.42 Å². The molecule has 4 N–H and O–H groups in total. The fourth-order valence-electron chi connectivity index (χ4n) is 0.843. The van der Waals surface area contributed by atoms with Gasteiger partial charge in [-0.05, 0) is 6.42 Å². The van der Waals surface area contributed by atoms with E-state index in [1.807, 2.05) is 13.8 Å². The van der Waals surface area contributed by atoms with Crippen LogP contribution in [-0.4, -0.2) is 23.6 Å². The Morgan fingerprint density at radius 1 is 1.77 bits per heavy atom. The van der Waals surface area contributed by atoms with E-state index in [9.17, 15) is 0 Å². The Hall–Kier alpha value is -1.21. The molecule has 0 saturated heterocycles. The van der Waals surface area contributed by atoms with Gasteiger partial charge in [0.05, 0.1) is 6.04 Å². The number of terminal acetylenes is 1. The van der Waals surface area contributed by atoms with Crippen LogP contribution in [0, 0.1) is 18.3 Å². The molecule has 4 heteroatoms. The molecule has 0 saturated carbocycles. The molecule has 2 unspecified atom stereocenters. The number of hydrogen-bond acceptors (Lipinski definition) is 3. The molecule has 0 heterocycles. The number of nitrogens with zero attached hydrogens (tertiary/aromatic N) is 1. The summed E-state index contributed by atoms with van der Waals surface area (Å²) in [4.78, 5) is 0. The van der Waals surface area contributed by atoms with E-state index in [-0.39, 0.29) is 17.8 Å². The van der Waals surface area contributed by atoms with Crippen LogP contribution < -0.4 is 11.1 Å². The van der Waals surface area contributed by atoms with Gasteiger partial charge in [0.25, 0.3) is 0 Å². The number of nitrogens with one attached hydrogen (secondary N) is 1. The number of amidine groups is 1. The summed E-state index contributed by atoms with van der Waals surface area (Å²) < 4.78 is 0. The molecule has 74 valence electrons. The fraction of sp³-hybridized carbons (Fsp3) is 0.667. The Kier molecular flexibility index (Phi) is 5.73. The molecule has 0 fully saturated rings. The molecular formula is C9H17N3O. The summed E-state index contributed by atoms with van der Waals surface area (Å²) in [5, 5.41) is 14.4. The topological polar surface area (TPSA) is 70.6 Å².